The van der Waals surface area contributed by atoms with Crippen molar-refractivity contribution in [1.82, 2.24) is 14.5 Å². The summed E-state index contributed by atoms with van der Waals surface area (Å²) in [4.78, 5) is 24.0. The van der Waals surface area contributed by atoms with Crippen LogP contribution in [0.25, 0.3) is 10.8 Å². The van der Waals surface area contributed by atoms with Crippen LogP contribution in [0.2, 0.25) is 0 Å². The Bertz CT molecular complexity index is 996. The summed E-state index contributed by atoms with van der Waals surface area (Å²) in [6.07, 6.45) is 1.60. The van der Waals surface area contributed by atoms with E-state index in [0.717, 1.165) is 4.57 Å². The van der Waals surface area contributed by atoms with Gasteiger partial charge in [0.2, 0.25) is 0 Å². The highest BCUT2D eigenvalue weighted by molar-refractivity contribution is 5.86. The molecule has 1 aromatic heterocycles. The first-order valence-electron chi connectivity index (χ1n) is 7.95. The van der Waals surface area contributed by atoms with Crippen molar-refractivity contribution in [2.75, 3.05) is 0 Å². The molecule has 5 heteroatoms. The summed E-state index contributed by atoms with van der Waals surface area (Å²) in [5.41, 5.74) is 1.20. The number of hydrogen-bond acceptors (Lipinski definition) is 3. The van der Waals surface area contributed by atoms with E-state index in [1.165, 1.54) is 28.0 Å². The van der Waals surface area contributed by atoms with Gasteiger partial charge in [-0.25, -0.2) is 4.79 Å². The molecular weight excluding hydrogens is 302 g/mol. The number of nitrogens with one attached hydrogen (secondary N) is 1. The molecule has 0 saturated carbocycles. The third kappa shape index (κ3) is 2.90. The van der Waals surface area contributed by atoms with Gasteiger partial charge < -0.3 is 9.88 Å². The molecule has 2 aromatic carbocycles. The quantitative estimate of drug-likeness (QED) is 0.800. The molecule has 0 aliphatic carbocycles. The molecule has 0 saturated heterocycles. The smallest absolute Gasteiger partial charge is 0.306 e. The Hall–Kier alpha value is -2.66. The molecule has 1 heterocycles. The van der Waals surface area contributed by atoms with Crippen LogP contribution in [-0.2, 0) is 20.6 Å². The van der Waals surface area contributed by atoms with Gasteiger partial charge in [0.15, 0.2) is 0 Å². The van der Waals surface area contributed by atoms with Crippen LogP contribution in [0.5, 0.6) is 0 Å². The zero-order chi connectivity index (χ0) is 17.3. The Balaban J connectivity index is 1.87. The zero-order valence-corrected chi connectivity index (χ0v) is 14.1. The number of nitrogens with zero attached hydrogens (tertiary/aromatic N) is 2. The molecule has 0 amide bonds. The van der Waals surface area contributed by atoms with E-state index in [1.54, 1.807) is 13.2 Å². The maximum atomic E-state index is 12.2. The zero-order valence-electron chi connectivity index (χ0n) is 14.1. The summed E-state index contributed by atoms with van der Waals surface area (Å²) in [6.45, 7) is 2.49. The molecule has 1 N–H and O–H groups in total. The lowest BCUT2D eigenvalue weighted by atomic mass is 9.99. The fourth-order valence-electron chi connectivity index (χ4n) is 3.01. The lowest BCUT2D eigenvalue weighted by Crippen LogP contribution is -2.39. The van der Waals surface area contributed by atoms with Crippen molar-refractivity contribution >= 4 is 10.8 Å². The third-order valence-corrected chi connectivity index (χ3v) is 4.41. The summed E-state index contributed by atoms with van der Waals surface area (Å²) in [7, 11) is 3.15. The topological polar surface area (TPSA) is 56.0 Å². The van der Waals surface area contributed by atoms with Crippen LogP contribution in [0.4, 0.5) is 0 Å². The standard InChI is InChI=1S/C19H21N3O2/c1-13(16-10-6-8-14-7-4-5-9-17(14)16)20-11-15-12-21(2)19(24)22(3)18(15)23/h4-10,12-13,20H,11H2,1-3H3. The molecule has 1 atom stereocenters. The van der Waals surface area contributed by atoms with Gasteiger partial charge >= 0.3 is 5.69 Å². The van der Waals surface area contributed by atoms with Crippen molar-refractivity contribution in [3.05, 3.63) is 80.6 Å². The second kappa shape index (κ2) is 6.45. The molecule has 3 rings (SSSR count). The highest BCUT2D eigenvalue weighted by Gasteiger charge is 2.11. The molecule has 0 fully saturated rings. The van der Waals surface area contributed by atoms with Crippen LogP contribution in [0.1, 0.15) is 24.1 Å². The number of hydrogen-bond donors (Lipinski definition) is 1. The average Bonchev–Trinajstić information content (AvgIpc) is 2.61. The average molecular weight is 323 g/mol. The number of aryl methyl sites for hydroxylation is 1. The summed E-state index contributed by atoms with van der Waals surface area (Å²) in [6, 6.07) is 14.6. The normalized spacial score (nSPS) is 12.5. The molecule has 1 unspecified atom stereocenters. The minimum atomic E-state index is -0.314. The summed E-state index contributed by atoms with van der Waals surface area (Å²) in [5, 5.41) is 5.79. The Labute approximate surface area is 140 Å². The van der Waals surface area contributed by atoms with Crippen molar-refractivity contribution < 1.29 is 0 Å². The predicted molar refractivity (Wildman–Crippen MR) is 96.1 cm³/mol. The SMILES string of the molecule is CC(NCc1cn(C)c(=O)n(C)c1=O)c1cccc2ccccc12. The summed E-state index contributed by atoms with van der Waals surface area (Å²) < 4.78 is 2.57. The Kier molecular flexibility index (Phi) is 4.36. The molecule has 0 bridgehead atoms. The van der Waals surface area contributed by atoms with Crippen LogP contribution in [-0.4, -0.2) is 9.13 Å². The van der Waals surface area contributed by atoms with E-state index in [9.17, 15) is 9.59 Å². The van der Waals surface area contributed by atoms with Gasteiger partial charge in [-0.2, -0.15) is 0 Å². The maximum Gasteiger partial charge on any atom is 0.330 e. The monoisotopic (exact) mass is 323 g/mol. The summed E-state index contributed by atoms with van der Waals surface area (Å²) in [5.74, 6) is 0. The highest BCUT2D eigenvalue weighted by Crippen LogP contribution is 2.24. The molecule has 0 spiro atoms. The van der Waals surface area contributed by atoms with Crippen molar-refractivity contribution in [3.63, 3.8) is 0 Å². The van der Waals surface area contributed by atoms with E-state index in [4.69, 9.17) is 0 Å². The first kappa shape index (κ1) is 16.2. The van der Waals surface area contributed by atoms with Crippen molar-refractivity contribution in [2.24, 2.45) is 14.1 Å². The molecule has 0 aliphatic rings. The largest absolute Gasteiger partial charge is 0.330 e. The van der Waals surface area contributed by atoms with Gasteiger partial charge in [0, 0.05) is 38.4 Å². The fraction of sp³-hybridized carbons (Fsp3) is 0.263. The van der Waals surface area contributed by atoms with Crippen molar-refractivity contribution in [1.29, 1.82) is 0 Å². The second-order valence-corrected chi connectivity index (χ2v) is 6.08. The number of fused-ring (bicyclic) bond motifs is 1. The van der Waals surface area contributed by atoms with Crippen LogP contribution in [0.15, 0.2) is 58.3 Å². The third-order valence-electron chi connectivity index (χ3n) is 4.41. The van der Waals surface area contributed by atoms with Crippen molar-refractivity contribution in [2.45, 2.75) is 19.5 Å². The molecule has 3 aromatic rings. The number of rotatable bonds is 4. The van der Waals surface area contributed by atoms with Crippen LogP contribution >= 0.6 is 0 Å². The van der Waals surface area contributed by atoms with Crippen LogP contribution < -0.4 is 16.6 Å². The fourth-order valence-corrected chi connectivity index (χ4v) is 3.01. The lowest BCUT2D eigenvalue weighted by Gasteiger charge is -2.17. The van der Waals surface area contributed by atoms with Gasteiger partial charge in [0.05, 0.1) is 0 Å². The summed E-state index contributed by atoms with van der Waals surface area (Å²) >= 11 is 0. The molecule has 124 valence electrons. The Morgan fingerprint density at radius 1 is 1.04 bits per heavy atom. The van der Waals surface area contributed by atoms with E-state index < -0.39 is 0 Å². The van der Waals surface area contributed by atoms with E-state index >= 15 is 0 Å². The molecule has 0 radical (unpaired) electrons. The van der Waals surface area contributed by atoms with Crippen molar-refractivity contribution in [3.8, 4) is 0 Å². The minimum Gasteiger partial charge on any atom is -0.306 e. The predicted octanol–water partition coefficient (Wildman–Crippen LogP) is 2.09. The Morgan fingerprint density at radius 3 is 2.54 bits per heavy atom. The van der Waals surface area contributed by atoms with Crippen LogP contribution in [0.3, 0.4) is 0 Å². The highest BCUT2D eigenvalue weighted by atomic mass is 16.2. The van der Waals surface area contributed by atoms with E-state index in [0.29, 0.717) is 12.1 Å². The first-order valence-corrected chi connectivity index (χ1v) is 7.95. The van der Waals surface area contributed by atoms with Gasteiger partial charge in [-0.15, -0.1) is 0 Å². The number of benzene rings is 2. The Morgan fingerprint density at radius 2 is 1.75 bits per heavy atom. The molecule has 24 heavy (non-hydrogen) atoms. The van der Waals surface area contributed by atoms with Gasteiger partial charge in [0.1, 0.15) is 0 Å². The number of aromatic nitrogens is 2. The van der Waals surface area contributed by atoms with Gasteiger partial charge in [-0.3, -0.25) is 9.36 Å². The molecular formula is C19H21N3O2. The molecule has 5 nitrogen and oxygen atoms in total. The molecule has 0 aliphatic heterocycles. The van der Waals surface area contributed by atoms with Gasteiger partial charge in [0.25, 0.3) is 5.56 Å². The second-order valence-electron chi connectivity index (χ2n) is 6.08. The first-order chi connectivity index (χ1) is 11.5. The van der Waals surface area contributed by atoms with Gasteiger partial charge in [-0.05, 0) is 23.3 Å². The maximum absolute atomic E-state index is 12.2. The van der Waals surface area contributed by atoms with E-state index in [1.807, 2.05) is 18.2 Å². The van der Waals surface area contributed by atoms with E-state index in [2.05, 4.69) is 36.5 Å². The minimum absolute atomic E-state index is 0.0815. The van der Waals surface area contributed by atoms with E-state index in [-0.39, 0.29) is 17.3 Å². The van der Waals surface area contributed by atoms with Crippen LogP contribution in [0, 0.1) is 0 Å². The van der Waals surface area contributed by atoms with Gasteiger partial charge in [-0.1, -0.05) is 42.5 Å². The lowest BCUT2D eigenvalue weighted by molar-refractivity contribution is 0.561.